The molecule has 112 valence electrons. The first-order valence-corrected chi connectivity index (χ1v) is 7.35. The summed E-state index contributed by atoms with van der Waals surface area (Å²) in [6.45, 7) is 3.20. The fraction of sp³-hybridized carbons (Fsp3) is 0.286. The molecule has 0 aliphatic carbocycles. The SMILES string of the molecule is CCN(Cc1cccs1)C(=O)NCc1ccc(C(=O)O)o1. The molecule has 0 bridgehead atoms. The fourth-order valence-corrected chi connectivity index (χ4v) is 2.50. The number of aromatic carboxylic acids is 1. The highest BCUT2D eigenvalue weighted by molar-refractivity contribution is 7.09. The molecular weight excluding hydrogens is 292 g/mol. The van der Waals surface area contributed by atoms with E-state index in [0.717, 1.165) is 4.88 Å². The van der Waals surface area contributed by atoms with Crippen LogP contribution in [0.2, 0.25) is 0 Å². The van der Waals surface area contributed by atoms with Crippen molar-refractivity contribution in [3.05, 3.63) is 46.0 Å². The summed E-state index contributed by atoms with van der Waals surface area (Å²) in [4.78, 5) is 25.6. The molecular formula is C14H16N2O4S. The molecule has 0 spiro atoms. The van der Waals surface area contributed by atoms with Gasteiger partial charge in [0, 0.05) is 11.4 Å². The van der Waals surface area contributed by atoms with Crippen LogP contribution in [0.3, 0.4) is 0 Å². The van der Waals surface area contributed by atoms with Crippen LogP contribution in [0.25, 0.3) is 0 Å². The first-order valence-electron chi connectivity index (χ1n) is 6.47. The molecule has 0 atom stereocenters. The maximum absolute atomic E-state index is 12.1. The maximum Gasteiger partial charge on any atom is 0.371 e. The van der Waals surface area contributed by atoms with E-state index in [0.29, 0.717) is 18.8 Å². The van der Waals surface area contributed by atoms with Crippen LogP contribution in [-0.4, -0.2) is 28.6 Å². The monoisotopic (exact) mass is 308 g/mol. The number of carboxylic acids is 1. The van der Waals surface area contributed by atoms with Crippen molar-refractivity contribution in [2.75, 3.05) is 6.54 Å². The number of rotatable bonds is 6. The van der Waals surface area contributed by atoms with Crippen LogP contribution in [0.15, 0.2) is 34.1 Å². The third kappa shape index (κ3) is 4.09. The van der Waals surface area contributed by atoms with E-state index in [1.165, 1.54) is 6.07 Å². The number of thiophene rings is 1. The van der Waals surface area contributed by atoms with E-state index in [2.05, 4.69) is 5.32 Å². The molecule has 0 saturated heterocycles. The third-order valence-electron chi connectivity index (χ3n) is 2.88. The van der Waals surface area contributed by atoms with Crippen LogP contribution in [0.5, 0.6) is 0 Å². The number of carbonyl (C=O) groups excluding carboxylic acids is 1. The summed E-state index contributed by atoms with van der Waals surface area (Å²) in [5.74, 6) is -0.849. The van der Waals surface area contributed by atoms with Crippen molar-refractivity contribution in [3.63, 3.8) is 0 Å². The highest BCUT2D eigenvalue weighted by Crippen LogP contribution is 2.12. The largest absolute Gasteiger partial charge is 0.475 e. The normalized spacial score (nSPS) is 10.3. The lowest BCUT2D eigenvalue weighted by Gasteiger charge is -2.20. The van der Waals surface area contributed by atoms with Gasteiger partial charge in [-0.05, 0) is 30.5 Å². The number of urea groups is 1. The Kier molecular flexibility index (Phi) is 4.99. The minimum Gasteiger partial charge on any atom is -0.475 e. The van der Waals surface area contributed by atoms with Gasteiger partial charge in [-0.3, -0.25) is 0 Å². The standard InChI is InChI=1S/C14H16N2O4S/c1-2-16(9-11-4-3-7-21-11)14(19)15-8-10-5-6-12(20-10)13(17)18/h3-7H,2,8-9H2,1H3,(H,15,19)(H,17,18). The van der Waals surface area contributed by atoms with Crippen molar-refractivity contribution < 1.29 is 19.1 Å². The van der Waals surface area contributed by atoms with E-state index in [-0.39, 0.29) is 18.3 Å². The van der Waals surface area contributed by atoms with Crippen LogP contribution >= 0.6 is 11.3 Å². The summed E-state index contributed by atoms with van der Waals surface area (Å²) < 4.78 is 5.08. The molecule has 7 heteroatoms. The second-order valence-electron chi connectivity index (χ2n) is 4.32. The van der Waals surface area contributed by atoms with E-state index in [1.54, 1.807) is 22.3 Å². The molecule has 2 N–H and O–H groups in total. The smallest absolute Gasteiger partial charge is 0.371 e. The highest BCUT2D eigenvalue weighted by atomic mass is 32.1. The molecule has 21 heavy (non-hydrogen) atoms. The number of hydrogen-bond acceptors (Lipinski definition) is 4. The molecule has 2 heterocycles. The molecule has 0 unspecified atom stereocenters. The Morgan fingerprint density at radius 2 is 2.19 bits per heavy atom. The molecule has 0 aromatic carbocycles. The van der Waals surface area contributed by atoms with Gasteiger partial charge in [-0.1, -0.05) is 6.07 Å². The molecule has 2 aromatic rings. The van der Waals surface area contributed by atoms with Gasteiger partial charge in [-0.15, -0.1) is 11.3 Å². The Morgan fingerprint density at radius 3 is 2.76 bits per heavy atom. The van der Waals surface area contributed by atoms with Crippen molar-refractivity contribution in [1.82, 2.24) is 10.2 Å². The molecule has 0 saturated carbocycles. The quantitative estimate of drug-likeness (QED) is 0.859. The second-order valence-corrected chi connectivity index (χ2v) is 5.36. The molecule has 0 radical (unpaired) electrons. The molecule has 0 aliphatic rings. The molecule has 2 aromatic heterocycles. The van der Waals surface area contributed by atoms with Crippen molar-refractivity contribution in [3.8, 4) is 0 Å². The van der Waals surface area contributed by atoms with Crippen molar-refractivity contribution in [1.29, 1.82) is 0 Å². The van der Waals surface area contributed by atoms with Gasteiger partial charge in [-0.25, -0.2) is 9.59 Å². The van der Waals surface area contributed by atoms with Gasteiger partial charge in [0.1, 0.15) is 5.76 Å². The Balaban J connectivity index is 1.88. The summed E-state index contributed by atoms with van der Waals surface area (Å²) in [6.07, 6.45) is 0. The lowest BCUT2D eigenvalue weighted by Crippen LogP contribution is -2.38. The van der Waals surface area contributed by atoms with E-state index in [9.17, 15) is 9.59 Å². The Hall–Kier alpha value is -2.28. The number of furan rings is 1. The predicted octanol–water partition coefficient (Wildman–Crippen LogP) is 2.77. The Labute approximate surface area is 126 Å². The van der Waals surface area contributed by atoms with Gasteiger partial charge in [0.15, 0.2) is 0 Å². The van der Waals surface area contributed by atoms with Crippen LogP contribution < -0.4 is 5.32 Å². The van der Waals surface area contributed by atoms with Gasteiger partial charge < -0.3 is 19.7 Å². The van der Waals surface area contributed by atoms with Crippen LogP contribution in [0.1, 0.15) is 28.1 Å². The second kappa shape index (κ2) is 6.94. The van der Waals surface area contributed by atoms with Crippen molar-refractivity contribution in [2.24, 2.45) is 0 Å². The van der Waals surface area contributed by atoms with Gasteiger partial charge in [0.2, 0.25) is 5.76 Å². The van der Waals surface area contributed by atoms with E-state index >= 15 is 0 Å². The van der Waals surface area contributed by atoms with Crippen molar-refractivity contribution in [2.45, 2.75) is 20.0 Å². The van der Waals surface area contributed by atoms with Gasteiger partial charge in [-0.2, -0.15) is 0 Å². The van der Waals surface area contributed by atoms with Crippen molar-refractivity contribution >= 4 is 23.3 Å². The molecule has 2 amide bonds. The zero-order valence-electron chi connectivity index (χ0n) is 11.5. The summed E-state index contributed by atoms with van der Waals surface area (Å²) in [5.41, 5.74) is 0. The summed E-state index contributed by atoms with van der Waals surface area (Å²) in [5, 5.41) is 13.4. The maximum atomic E-state index is 12.1. The fourth-order valence-electron chi connectivity index (χ4n) is 1.78. The zero-order valence-corrected chi connectivity index (χ0v) is 12.4. The number of nitrogens with zero attached hydrogens (tertiary/aromatic N) is 1. The summed E-state index contributed by atoms with van der Waals surface area (Å²) >= 11 is 1.60. The van der Waals surface area contributed by atoms with E-state index < -0.39 is 5.97 Å². The zero-order chi connectivity index (χ0) is 15.2. The average Bonchev–Trinajstić information content (AvgIpc) is 3.13. The molecule has 2 rings (SSSR count). The minimum absolute atomic E-state index is 0.134. The van der Waals surface area contributed by atoms with Gasteiger partial charge in [0.05, 0.1) is 13.1 Å². The summed E-state index contributed by atoms with van der Waals surface area (Å²) in [6, 6.07) is 6.62. The molecule has 6 nitrogen and oxygen atoms in total. The third-order valence-corrected chi connectivity index (χ3v) is 3.74. The Bertz CT molecular complexity index is 606. The highest BCUT2D eigenvalue weighted by Gasteiger charge is 2.14. The first kappa shape index (κ1) is 15.1. The number of carboxylic acid groups (broad SMARTS) is 1. The van der Waals surface area contributed by atoms with Gasteiger partial charge in [0.25, 0.3) is 0 Å². The predicted molar refractivity (Wildman–Crippen MR) is 78.3 cm³/mol. The lowest BCUT2D eigenvalue weighted by atomic mass is 10.4. The number of carbonyl (C=O) groups is 2. The van der Waals surface area contributed by atoms with Gasteiger partial charge >= 0.3 is 12.0 Å². The minimum atomic E-state index is -1.12. The molecule has 0 fully saturated rings. The van der Waals surface area contributed by atoms with E-state index in [1.807, 2.05) is 24.4 Å². The number of hydrogen-bond donors (Lipinski definition) is 2. The number of nitrogens with one attached hydrogen (secondary N) is 1. The first-order chi connectivity index (χ1) is 10.1. The van der Waals surface area contributed by atoms with Crippen LogP contribution in [0.4, 0.5) is 4.79 Å². The topological polar surface area (TPSA) is 82.8 Å². The van der Waals surface area contributed by atoms with E-state index in [4.69, 9.17) is 9.52 Å². The molecule has 0 aliphatic heterocycles. The Morgan fingerprint density at radius 1 is 1.38 bits per heavy atom. The van der Waals surface area contributed by atoms with Crippen LogP contribution in [0, 0.1) is 0 Å². The van der Waals surface area contributed by atoms with Crippen LogP contribution in [-0.2, 0) is 13.1 Å². The summed E-state index contributed by atoms with van der Waals surface area (Å²) in [7, 11) is 0. The average molecular weight is 308 g/mol. The lowest BCUT2D eigenvalue weighted by molar-refractivity contribution is 0.0660. The number of amides is 2.